The first kappa shape index (κ1) is 11.9. The van der Waals surface area contributed by atoms with Crippen molar-refractivity contribution in [3.8, 4) is 5.75 Å². The van der Waals surface area contributed by atoms with Crippen LogP contribution in [0.2, 0.25) is 0 Å². The van der Waals surface area contributed by atoms with E-state index in [2.05, 4.69) is 0 Å². The number of nitrogens with zero attached hydrogens (tertiary/aromatic N) is 1. The maximum absolute atomic E-state index is 13.2. The molecule has 1 aromatic carbocycles. The zero-order valence-electron chi connectivity index (χ0n) is 9.70. The summed E-state index contributed by atoms with van der Waals surface area (Å²) < 4.78 is 23.4. The van der Waals surface area contributed by atoms with E-state index in [0.717, 1.165) is 0 Å². The summed E-state index contributed by atoms with van der Waals surface area (Å²) in [5.74, 6) is 0.137. The molecule has 0 aliphatic carbocycles. The molecule has 92 valence electrons. The topological polar surface area (TPSA) is 45.5 Å². The van der Waals surface area contributed by atoms with Gasteiger partial charge >= 0.3 is 0 Å². The Hall–Kier alpha value is -1.62. The fraction of sp³-hybridized carbons (Fsp3) is 0.417. The second-order valence-electron chi connectivity index (χ2n) is 3.80. The molecule has 1 N–H and O–H groups in total. The summed E-state index contributed by atoms with van der Waals surface area (Å²) in [5.41, 5.74) is 0.658. The molecule has 1 saturated heterocycles. The van der Waals surface area contributed by atoms with Gasteiger partial charge < -0.3 is 14.4 Å². The lowest BCUT2D eigenvalue weighted by molar-refractivity contribution is 0.0680. The van der Waals surface area contributed by atoms with Crippen molar-refractivity contribution >= 4 is 5.84 Å². The van der Waals surface area contributed by atoms with Crippen molar-refractivity contribution < 1.29 is 13.9 Å². The molecule has 0 radical (unpaired) electrons. The van der Waals surface area contributed by atoms with Gasteiger partial charge in [0.15, 0.2) is 11.6 Å². The Morgan fingerprint density at radius 1 is 1.41 bits per heavy atom. The van der Waals surface area contributed by atoms with Gasteiger partial charge in [-0.1, -0.05) is 0 Å². The van der Waals surface area contributed by atoms with Gasteiger partial charge in [0.2, 0.25) is 0 Å². The summed E-state index contributed by atoms with van der Waals surface area (Å²) >= 11 is 0. The van der Waals surface area contributed by atoms with Crippen molar-refractivity contribution in [1.29, 1.82) is 5.41 Å². The van der Waals surface area contributed by atoms with Crippen molar-refractivity contribution in [3.05, 3.63) is 29.6 Å². The Morgan fingerprint density at radius 2 is 2.12 bits per heavy atom. The molecule has 0 amide bonds. The lowest BCUT2D eigenvalue weighted by atomic mass is 10.1. The molecule has 0 aromatic heterocycles. The summed E-state index contributed by atoms with van der Waals surface area (Å²) in [6, 6.07) is 4.46. The molecule has 4 nitrogen and oxygen atoms in total. The third kappa shape index (κ3) is 2.55. The van der Waals surface area contributed by atoms with Gasteiger partial charge in [-0.25, -0.2) is 4.39 Å². The molecular weight excluding hydrogens is 223 g/mol. The van der Waals surface area contributed by atoms with Crippen LogP contribution < -0.4 is 4.74 Å². The largest absolute Gasteiger partial charge is 0.494 e. The van der Waals surface area contributed by atoms with E-state index in [1.54, 1.807) is 12.1 Å². The quantitative estimate of drug-likeness (QED) is 0.627. The van der Waals surface area contributed by atoms with Crippen molar-refractivity contribution in [2.75, 3.05) is 33.4 Å². The molecule has 2 rings (SSSR count). The first-order chi connectivity index (χ1) is 8.22. The van der Waals surface area contributed by atoms with Crippen molar-refractivity contribution in [2.45, 2.75) is 0 Å². The molecule has 1 aromatic rings. The third-order valence-electron chi connectivity index (χ3n) is 2.75. The highest BCUT2D eigenvalue weighted by atomic mass is 19.1. The Balaban J connectivity index is 2.18. The number of hydrogen-bond acceptors (Lipinski definition) is 3. The van der Waals surface area contributed by atoms with Gasteiger partial charge in [-0.15, -0.1) is 0 Å². The van der Waals surface area contributed by atoms with E-state index in [1.807, 2.05) is 4.90 Å². The molecule has 0 unspecified atom stereocenters. The monoisotopic (exact) mass is 238 g/mol. The minimum absolute atomic E-state index is 0.167. The number of halogens is 1. The number of hydrogen-bond donors (Lipinski definition) is 1. The van der Waals surface area contributed by atoms with Crippen molar-refractivity contribution in [2.24, 2.45) is 0 Å². The zero-order valence-corrected chi connectivity index (χ0v) is 9.70. The standard InChI is InChI=1S/C12H15FN2O2/c1-16-11-8-9(2-3-10(11)13)12(14)15-4-6-17-7-5-15/h2-3,8,14H,4-7H2,1H3. The Bertz CT molecular complexity index is 417. The maximum atomic E-state index is 13.2. The minimum atomic E-state index is -0.411. The van der Waals surface area contributed by atoms with Crippen LogP contribution >= 0.6 is 0 Å². The summed E-state index contributed by atoms with van der Waals surface area (Å²) in [7, 11) is 1.42. The van der Waals surface area contributed by atoms with E-state index < -0.39 is 5.82 Å². The number of benzene rings is 1. The predicted molar refractivity (Wildman–Crippen MR) is 62.2 cm³/mol. The van der Waals surface area contributed by atoms with Gasteiger partial charge in [0.1, 0.15) is 5.84 Å². The summed E-state index contributed by atoms with van der Waals surface area (Å²) in [6.45, 7) is 2.64. The average molecular weight is 238 g/mol. The van der Waals surface area contributed by atoms with E-state index in [4.69, 9.17) is 14.9 Å². The lowest BCUT2D eigenvalue weighted by Crippen LogP contribution is -2.40. The van der Waals surface area contributed by atoms with Crippen molar-refractivity contribution in [1.82, 2.24) is 4.90 Å². The second kappa shape index (κ2) is 5.14. The lowest BCUT2D eigenvalue weighted by Gasteiger charge is -2.29. The number of morpholine rings is 1. The molecule has 1 heterocycles. The molecule has 5 heteroatoms. The molecule has 1 aliphatic rings. The van der Waals surface area contributed by atoms with Crippen molar-refractivity contribution in [3.63, 3.8) is 0 Å². The highest BCUT2D eigenvalue weighted by molar-refractivity contribution is 5.96. The van der Waals surface area contributed by atoms with E-state index in [-0.39, 0.29) is 5.75 Å². The van der Waals surface area contributed by atoms with Gasteiger partial charge in [0.25, 0.3) is 0 Å². The summed E-state index contributed by atoms with van der Waals surface area (Å²) in [6.07, 6.45) is 0. The van der Waals surface area contributed by atoms with Gasteiger partial charge in [0, 0.05) is 18.7 Å². The average Bonchev–Trinajstić information content (AvgIpc) is 2.39. The molecule has 17 heavy (non-hydrogen) atoms. The molecule has 1 fully saturated rings. The van der Waals surface area contributed by atoms with Gasteiger partial charge in [0.05, 0.1) is 20.3 Å². The van der Waals surface area contributed by atoms with Crippen LogP contribution in [0.25, 0.3) is 0 Å². The number of ether oxygens (including phenoxy) is 2. The molecule has 1 aliphatic heterocycles. The van der Waals surface area contributed by atoms with E-state index in [0.29, 0.717) is 37.7 Å². The predicted octanol–water partition coefficient (Wildman–Crippen LogP) is 1.49. The Labute approximate surface area is 99.5 Å². The number of rotatable bonds is 2. The minimum Gasteiger partial charge on any atom is -0.494 e. The highest BCUT2D eigenvalue weighted by Gasteiger charge is 2.16. The van der Waals surface area contributed by atoms with Gasteiger partial charge in [-0.05, 0) is 18.2 Å². The normalized spacial score (nSPS) is 15.8. The van der Waals surface area contributed by atoms with Crippen LogP contribution in [-0.4, -0.2) is 44.1 Å². The number of nitrogens with one attached hydrogen (secondary N) is 1. The third-order valence-corrected chi connectivity index (χ3v) is 2.75. The van der Waals surface area contributed by atoms with Crippen LogP contribution in [0.15, 0.2) is 18.2 Å². The Morgan fingerprint density at radius 3 is 2.76 bits per heavy atom. The number of methoxy groups -OCH3 is 1. The van der Waals surface area contributed by atoms with E-state index >= 15 is 0 Å². The fourth-order valence-electron chi connectivity index (χ4n) is 1.78. The molecule has 0 atom stereocenters. The highest BCUT2D eigenvalue weighted by Crippen LogP contribution is 2.19. The van der Waals surface area contributed by atoms with Crippen LogP contribution in [0.1, 0.15) is 5.56 Å². The second-order valence-corrected chi connectivity index (χ2v) is 3.80. The van der Waals surface area contributed by atoms with Crippen LogP contribution in [0.3, 0.4) is 0 Å². The molecule has 0 saturated carbocycles. The van der Waals surface area contributed by atoms with E-state index in [1.165, 1.54) is 13.2 Å². The molecule has 0 spiro atoms. The summed E-state index contributed by atoms with van der Waals surface area (Å²) in [4.78, 5) is 1.91. The molecule has 0 bridgehead atoms. The van der Waals surface area contributed by atoms with Gasteiger partial charge in [-0.2, -0.15) is 0 Å². The van der Waals surface area contributed by atoms with Crippen LogP contribution in [0, 0.1) is 11.2 Å². The first-order valence-electron chi connectivity index (χ1n) is 5.47. The zero-order chi connectivity index (χ0) is 12.3. The fourth-order valence-corrected chi connectivity index (χ4v) is 1.78. The van der Waals surface area contributed by atoms with E-state index in [9.17, 15) is 4.39 Å². The smallest absolute Gasteiger partial charge is 0.165 e. The van der Waals surface area contributed by atoms with Crippen LogP contribution in [0.5, 0.6) is 5.75 Å². The SMILES string of the molecule is COc1cc(C(=N)N2CCOCC2)ccc1F. The number of amidine groups is 1. The van der Waals surface area contributed by atoms with Crippen LogP contribution in [0.4, 0.5) is 4.39 Å². The molecular formula is C12H15FN2O2. The summed E-state index contributed by atoms with van der Waals surface area (Å²) in [5, 5.41) is 8.06. The first-order valence-corrected chi connectivity index (χ1v) is 5.47. The Kier molecular flexibility index (Phi) is 3.58. The maximum Gasteiger partial charge on any atom is 0.165 e. The van der Waals surface area contributed by atoms with Crippen LogP contribution in [-0.2, 0) is 4.74 Å². The van der Waals surface area contributed by atoms with Gasteiger partial charge in [-0.3, -0.25) is 5.41 Å².